The molecule has 6 heteroatoms. The maximum atomic E-state index is 12.0. The summed E-state index contributed by atoms with van der Waals surface area (Å²) in [7, 11) is 1.31. The molecule has 0 aliphatic heterocycles. The van der Waals surface area contributed by atoms with Gasteiger partial charge in [0.25, 0.3) is 0 Å². The van der Waals surface area contributed by atoms with E-state index >= 15 is 0 Å². The van der Waals surface area contributed by atoms with Crippen LogP contribution in [0.3, 0.4) is 0 Å². The summed E-state index contributed by atoms with van der Waals surface area (Å²) in [4.78, 5) is 23.5. The molecule has 2 amide bonds. The Labute approximate surface area is 136 Å². The minimum Gasteiger partial charge on any atom is -0.465 e. The highest BCUT2D eigenvalue weighted by Gasteiger charge is 2.09. The van der Waals surface area contributed by atoms with Gasteiger partial charge < -0.3 is 15.4 Å². The second-order valence-electron chi connectivity index (χ2n) is 4.63. The predicted molar refractivity (Wildman–Crippen MR) is 89.3 cm³/mol. The number of aryl methyl sites for hydroxylation is 1. The smallest absolute Gasteiger partial charge is 0.337 e. The van der Waals surface area contributed by atoms with E-state index in [1.807, 2.05) is 25.1 Å². The van der Waals surface area contributed by atoms with Crippen LogP contribution in [0.5, 0.6) is 0 Å². The van der Waals surface area contributed by atoms with Crippen LogP contribution in [0, 0.1) is 6.92 Å². The molecule has 0 spiro atoms. The molecule has 0 heterocycles. The van der Waals surface area contributed by atoms with Crippen molar-refractivity contribution in [1.82, 2.24) is 0 Å². The average molecular weight is 363 g/mol. The lowest BCUT2D eigenvalue weighted by Gasteiger charge is -2.10. The third-order valence-corrected chi connectivity index (χ3v) is 3.57. The van der Waals surface area contributed by atoms with Gasteiger partial charge in [-0.25, -0.2) is 9.59 Å². The van der Waals surface area contributed by atoms with E-state index in [2.05, 4.69) is 31.3 Å². The Bertz CT molecular complexity index is 716. The van der Waals surface area contributed by atoms with Gasteiger partial charge in [0.1, 0.15) is 0 Å². The van der Waals surface area contributed by atoms with Crippen LogP contribution in [0.25, 0.3) is 0 Å². The fourth-order valence-electron chi connectivity index (χ4n) is 1.85. The number of ether oxygens (including phenoxy) is 1. The number of hydrogen-bond donors (Lipinski definition) is 2. The Balaban J connectivity index is 2.07. The van der Waals surface area contributed by atoms with Crippen LogP contribution >= 0.6 is 15.9 Å². The molecule has 0 bridgehead atoms. The van der Waals surface area contributed by atoms with Gasteiger partial charge in [0, 0.05) is 10.2 Å². The Morgan fingerprint density at radius 3 is 2.55 bits per heavy atom. The van der Waals surface area contributed by atoms with Gasteiger partial charge in [-0.15, -0.1) is 0 Å². The average Bonchev–Trinajstić information content (AvgIpc) is 2.49. The second-order valence-corrected chi connectivity index (χ2v) is 5.49. The van der Waals surface area contributed by atoms with Crippen LogP contribution in [0.15, 0.2) is 46.9 Å². The Morgan fingerprint density at radius 2 is 1.86 bits per heavy atom. The van der Waals surface area contributed by atoms with Gasteiger partial charge in [0.05, 0.1) is 18.4 Å². The van der Waals surface area contributed by atoms with Crippen LogP contribution in [0.1, 0.15) is 15.9 Å². The summed E-state index contributed by atoms with van der Waals surface area (Å²) >= 11 is 3.40. The molecule has 0 saturated heterocycles. The van der Waals surface area contributed by atoms with Gasteiger partial charge >= 0.3 is 12.0 Å². The van der Waals surface area contributed by atoms with E-state index < -0.39 is 12.0 Å². The van der Waals surface area contributed by atoms with Gasteiger partial charge in [-0.2, -0.15) is 0 Å². The molecule has 0 saturated carbocycles. The van der Waals surface area contributed by atoms with Crippen LogP contribution in [-0.4, -0.2) is 19.1 Å². The molecule has 2 N–H and O–H groups in total. The van der Waals surface area contributed by atoms with Crippen LogP contribution in [-0.2, 0) is 4.74 Å². The van der Waals surface area contributed by atoms with E-state index in [1.165, 1.54) is 7.11 Å². The van der Waals surface area contributed by atoms with E-state index in [9.17, 15) is 9.59 Å². The standard InChI is InChI=1S/C16H15BrN2O3/c1-10-6-7-14(13(17)8-10)19-16(21)18-12-5-3-4-11(9-12)15(20)22-2/h3-9H,1-2H3,(H2,18,19,21). The number of esters is 1. The number of nitrogens with one attached hydrogen (secondary N) is 2. The van der Waals surface area contributed by atoms with E-state index in [1.54, 1.807) is 24.3 Å². The summed E-state index contributed by atoms with van der Waals surface area (Å²) in [6, 6.07) is 11.8. The van der Waals surface area contributed by atoms with E-state index in [0.29, 0.717) is 16.9 Å². The SMILES string of the molecule is COC(=O)c1cccc(NC(=O)Nc2ccc(C)cc2Br)c1. The molecule has 2 rings (SSSR count). The number of amides is 2. The molecule has 2 aromatic carbocycles. The number of rotatable bonds is 3. The Morgan fingerprint density at radius 1 is 1.09 bits per heavy atom. The molecule has 0 aliphatic rings. The summed E-state index contributed by atoms with van der Waals surface area (Å²) in [5.74, 6) is -0.453. The number of urea groups is 1. The first-order valence-corrected chi connectivity index (χ1v) is 7.31. The van der Waals surface area contributed by atoms with Crippen molar-refractivity contribution in [3.8, 4) is 0 Å². The highest BCUT2D eigenvalue weighted by atomic mass is 79.9. The first-order chi connectivity index (χ1) is 10.5. The molecule has 0 fully saturated rings. The topological polar surface area (TPSA) is 67.4 Å². The van der Waals surface area contributed by atoms with Crippen molar-refractivity contribution in [3.63, 3.8) is 0 Å². The summed E-state index contributed by atoms with van der Waals surface area (Å²) in [5, 5.41) is 5.41. The van der Waals surface area contributed by atoms with Crippen molar-refractivity contribution in [1.29, 1.82) is 0 Å². The van der Waals surface area contributed by atoms with Crippen molar-refractivity contribution in [2.45, 2.75) is 6.92 Å². The molecular formula is C16H15BrN2O3. The monoisotopic (exact) mass is 362 g/mol. The lowest BCUT2D eigenvalue weighted by atomic mass is 10.2. The molecule has 2 aromatic rings. The van der Waals surface area contributed by atoms with Crippen molar-refractivity contribution >= 4 is 39.3 Å². The molecule has 0 atom stereocenters. The summed E-state index contributed by atoms with van der Waals surface area (Å²) in [6.07, 6.45) is 0. The third kappa shape index (κ3) is 4.08. The number of benzene rings is 2. The van der Waals surface area contributed by atoms with Gasteiger partial charge in [0.2, 0.25) is 0 Å². The van der Waals surface area contributed by atoms with Gasteiger partial charge in [-0.05, 0) is 58.7 Å². The molecule has 0 unspecified atom stereocenters. The quantitative estimate of drug-likeness (QED) is 0.804. The van der Waals surface area contributed by atoms with Crippen molar-refractivity contribution in [2.75, 3.05) is 17.7 Å². The fourth-order valence-corrected chi connectivity index (χ4v) is 2.44. The number of carbonyl (C=O) groups is 2. The lowest BCUT2D eigenvalue weighted by molar-refractivity contribution is 0.0600. The third-order valence-electron chi connectivity index (χ3n) is 2.91. The number of halogens is 1. The van der Waals surface area contributed by atoms with E-state index in [-0.39, 0.29) is 0 Å². The summed E-state index contributed by atoms with van der Waals surface area (Å²) < 4.78 is 5.44. The molecule has 0 radical (unpaired) electrons. The van der Waals surface area contributed by atoms with Crippen LogP contribution < -0.4 is 10.6 Å². The largest absolute Gasteiger partial charge is 0.465 e. The van der Waals surface area contributed by atoms with Crippen molar-refractivity contribution in [3.05, 3.63) is 58.1 Å². The zero-order valence-corrected chi connectivity index (χ0v) is 13.7. The Hall–Kier alpha value is -2.34. The number of methoxy groups -OCH3 is 1. The van der Waals surface area contributed by atoms with Crippen LogP contribution in [0.2, 0.25) is 0 Å². The lowest BCUT2D eigenvalue weighted by Crippen LogP contribution is -2.20. The minimum absolute atomic E-state index is 0.372. The second kappa shape index (κ2) is 7.09. The predicted octanol–water partition coefficient (Wildman–Crippen LogP) is 4.19. The maximum absolute atomic E-state index is 12.0. The zero-order valence-electron chi connectivity index (χ0n) is 12.1. The molecule has 114 valence electrons. The molecular weight excluding hydrogens is 348 g/mol. The number of anilines is 2. The highest BCUT2D eigenvalue weighted by Crippen LogP contribution is 2.23. The fraction of sp³-hybridized carbons (Fsp3) is 0.125. The molecule has 5 nitrogen and oxygen atoms in total. The van der Waals surface area contributed by atoms with Crippen molar-refractivity contribution < 1.29 is 14.3 Å². The minimum atomic E-state index is -0.453. The normalized spacial score (nSPS) is 9.95. The van der Waals surface area contributed by atoms with E-state index in [0.717, 1.165) is 10.0 Å². The van der Waals surface area contributed by atoms with Gasteiger partial charge in [-0.1, -0.05) is 12.1 Å². The summed E-state index contributed by atoms with van der Waals surface area (Å²) in [6.45, 7) is 1.97. The van der Waals surface area contributed by atoms with Crippen LogP contribution in [0.4, 0.5) is 16.2 Å². The van der Waals surface area contributed by atoms with Gasteiger partial charge in [-0.3, -0.25) is 0 Å². The molecule has 0 aromatic heterocycles. The maximum Gasteiger partial charge on any atom is 0.337 e. The first-order valence-electron chi connectivity index (χ1n) is 6.52. The van der Waals surface area contributed by atoms with Crippen molar-refractivity contribution in [2.24, 2.45) is 0 Å². The molecule has 22 heavy (non-hydrogen) atoms. The molecule has 0 aliphatic carbocycles. The van der Waals surface area contributed by atoms with Gasteiger partial charge in [0.15, 0.2) is 0 Å². The first kappa shape index (κ1) is 16.0. The zero-order chi connectivity index (χ0) is 16.1. The number of hydrogen-bond acceptors (Lipinski definition) is 3. The van der Waals surface area contributed by atoms with E-state index in [4.69, 9.17) is 0 Å². The highest BCUT2D eigenvalue weighted by molar-refractivity contribution is 9.10. The number of carbonyl (C=O) groups excluding carboxylic acids is 2. The Kier molecular flexibility index (Phi) is 5.16. The summed E-state index contributed by atoms with van der Waals surface area (Å²) in [5.41, 5.74) is 2.62.